The Morgan fingerprint density at radius 2 is 1.79 bits per heavy atom. The fourth-order valence-corrected chi connectivity index (χ4v) is 2.60. The highest BCUT2D eigenvalue weighted by molar-refractivity contribution is 6.30. The summed E-state index contributed by atoms with van der Waals surface area (Å²) in [6.45, 7) is 3.02. The van der Waals surface area contributed by atoms with Gasteiger partial charge in [-0.25, -0.2) is 4.79 Å². The van der Waals surface area contributed by atoms with Crippen molar-refractivity contribution in [1.82, 2.24) is 4.90 Å². The monoisotopic (exact) mass is 346 g/mol. The molecule has 2 aromatic rings. The van der Waals surface area contributed by atoms with Gasteiger partial charge in [0.05, 0.1) is 6.04 Å². The fourth-order valence-electron chi connectivity index (χ4n) is 2.47. The standard InChI is InChI=1S/C18H19ClN2O3/c1-12(13-3-5-14(19)6-4-13)21(2)18(22)20-15-7-8-16-17(11-15)24-10-9-23-16/h3-8,11-12H,9-10H2,1-2H3,(H,20,22). The van der Waals surface area contributed by atoms with Crippen molar-refractivity contribution in [2.45, 2.75) is 13.0 Å². The maximum Gasteiger partial charge on any atom is 0.322 e. The van der Waals surface area contributed by atoms with Gasteiger partial charge in [0.15, 0.2) is 11.5 Å². The first-order valence-electron chi connectivity index (χ1n) is 7.73. The van der Waals surface area contributed by atoms with Crippen molar-refractivity contribution in [3.05, 3.63) is 53.1 Å². The third kappa shape index (κ3) is 3.57. The number of hydrogen-bond donors (Lipinski definition) is 1. The van der Waals surface area contributed by atoms with E-state index in [9.17, 15) is 4.79 Å². The van der Waals surface area contributed by atoms with Crippen LogP contribution in [0.15, 0.2) is 42.5 Å². The minimum absolute atomic E-state index is 0.0838. The Morgan fingerprint density at radius 3 is 2.50 bits per heavy atom. The average Bonchev–Trinajstić information content (AvgIpc) is 2.61. The molecular formula is C18H19ClN2O3. The molecule has 1 atom stereocenters. The van der Waals surface area contributed by atoms with Gasteiger partial charge >= 0.3 is 6.03 Å². The van der Waals surface area contributed by atoms with Gasteiger partial charge in [-0.1, -0.05) is 23.7 Å². The number of hydrogen-bond acceptors (Lipinski definition) is 3. The van der Waals surface area contributed by atoms with Gasteiger partial charge in [-0.05, 0) is 36.8 Å². The van der Waals surface area contributed by atoms with Gasteiger partial charge in [0.1, 0.15) is 13.2 Å². The van der Waals surface area contributed by atoms with E-state index in [1.54, 1.807) is 30.1 Å². The molecular weight excluding hydrogens is 328 g/mol. The molecule has 1 aliphatic rings. The second kappa shape index (κ2) is 7.01. The number of nitrogens with zero attached hydrogens (tertiary/aromatic N) is 1. The normalized spacial score (nSPS) is 14.0. The van der Waals surface area contributed by atoms with E-state index in [0.717, 1.165) is 5.56 Å². The fraction of sp³-hybridized carbons (Fsp3) is 0.278. The van der Waals surface area contributed by atoms with Crippen LogP contribution in [0.4, 0.5) is 10.5 Å². The zero-order valence-electron chi connectivity index (χ0n) is 13.6. The lowest BCUT2D eigenvalue weighted by Crippen LogP contribution is -2.33. The molecule has 0 saturated heterocycles. The number of urea groups is 1. The van der Waals surface area contributed by atoms with E-state index in [4.69, 9.17) is 21.1 Å². The predicted octanol–water partition coefficient (Wildman–Crippen LogP) is 4.34. The highest BCUT2D eigenvalue weighted by atomic mass is 35.5. The molecule has 0 aliphatic carbocycles. The molecule has 1 unspecified atom stereocenters. The highest BCUT2D eigenvalue weighted by Crippen LogP contribution is 2.32. The molecule has 1 heterocycles. The Bertz CT molecular complexity index is 734. The van der Waals surface area contributed by atoms with Crippen LogP contribution in [0.2, 0.25) is 5.02 Å². The molecule has 2 aromatic carbocycles. The van der Waals surface area contributed by atoms with E-state index in [0.29, 0.717) is 35.4 Å². The quantitative estimate of drug-likeness (QED) is 0.899. The number of amides is 2. The molecule has 0 aromatic heterocycles. The van der Waals surface area contributed by atoms with Crippen LogP contribution in [-0.2, 0) is 0 Å². The van der Waals surface area contributed by atoms with Crippen molar-refractivity contribution in [3.8, 4) is 11.5 Å². The van der Waals surface area contributed by atoms with Crippen molar-refractivity contribution < 1.29 is 14.3 Å². The first-order chi connectivity index (χ1) is 11.5. The number of benzene rings is 2. The summed E-state index contributed by atoms with van der Waals surface area (Å²) in [7, 11) is 1.76. The van der Waals surface area contributed by atoms with Crippen molar-refractivity contribution in [1.29, 1.82) is 0 Å². The number of rotatable bonds is 3. The molecule has 126 valence electrons. The summed E-state index contributed by atoms with van der Waals surface area (Å²) in [5, 5.41) is 3.55. The van der Waals surface area contributed by atoms with Gasteiger partial charge < -0.3 is 19.7 Å². The molecule has 2 amide bonds. The molecule has 3 rings (SSSR count). The third-order valence-electron chi connectivity index (χ3n) is 4.05. The molecule has 0 fully saturated rings. The summed E-state index contributed by atoms with van der Waals surface area (Å²) in [5.41, 5.74) is 1.68. The van der Waals surface area contributed by atoms with E-state index in [-0.39, 0.29) is 12.1 Å². The van der Waals surface area contributed by atoms with Crippen LogP contribution in [0.25, 0.3) is 0 Å². The largest absolute Gasteiger partial charge is 0.486 e. The summed E-state index contributed by atoms with van der Waals surface area (Å²) < 4.78 is 11.0. The Morgan fingerprint density at radius 1 is 1.12 bits per heavy atom. The number of nitrogens with one attached hydrogen (secondary N) is 1. The summed E-state index contributed by atoms with van der Waals surface area (Å²) in [6, 6.07) is 12.6. The Kier molecular flexibility index (Phi) is 4.81. The lowest BCUT2D eigenvalue weighted by Gasteiger charge is -2.26. The maximum atomic E-state index is 12.5. The van der Waals surface area contributed by atoms with Crippen LogP contribution < -0.4 is 14.8 Å². The van der Waals surface area contributed by atoms with Crippen molar-refractivity contribution >= 4 is 23.3 Å². The SMILES string of the molecule is CC(c1ccc(Cl)cc1)N(C)C(=O)Nc1ccc2c(c1)OCCO2. The van der Waals surface area contributed by atoms with Crippen LogP contribution in [0.5, 0.6) is 11.5 Å². The molecule has 0 bridgehead atoms. The second-order valence-electron chi connectivity index (χ2n) is 5.63. The number of halogens is 1. The number of anilines is 1. The molecule has 6 heteroatoms. The lowest BCUT2D eigenvalue weighted by atomic mass is 10.1. The number of fused-ring (bicyclic) bond motifs is 1. The smallest absolute Gasteiger partial charge is 0.322 e. The molecule has 0 saturated carbocycles. The van der Waals surface area contributed by atoms with Crippen LogP contribution in [0.3, 0.4) is 0 Å². The van der Waals surface area contributed by atoms with Gasteiger partial charge in [0.2, 0.25) is 0 Å². The van der Waals surface area contributed by atoms with E-state index in [1.807, 2.05) is 31.2 Å². The van der Waals surface area contributed by atoms with Gasteiger partial charge in [-0.15, -0.1) is 0 Å². The van der Waals surface area contributed by atoms with Crippen molar-refractivity contribution in [2.24, 2.45) is 0 Å². The minimum Gasteiger partial charge on any atom is -0.486 e. The average molecular weight is 347 g/mol. The number of ether oxygens (including phenoxy) is 2. The van der Waals surface area contributed by atoms with E-state index >= 15 is 0 Å². The van der Waals surface area contributed by atoms with Crippen molar-refractivity contribution in [3.63, 3.8) is 0 Å². The Labute approximate surface area is 146 Å². The molecule has 0 radical (unpaired) electrons. The zero-order chi connectivity index (χ0) is 17.1. The molecule has 1 N–H and O–H groups in total. The first-order valence-corrected chi connectivity index (χ1v) is 8.11. The Balaban J connectivity index is 1.68. The Hall–Kier alpha value is -2.40. The summed E-state index contributed by atoms with van der Waals surface area (Å²) >= 11 is 5.91. The first kappa shape index (κ1) is 16.5. The summed E-state index contributed by atoms with van der Waals surface area (Å²) in [5.74, 6) is 1.34. The second-order valence-corrected chi connectivity index (χ2v) is 6.06. The number of carbonyl (C=O) groups excluding carboxylic acids is 1. The van der Waals surface area contributed by atoms with Crippen LogP contribution >= 0.6 is 11.6 Å². The van der Waals surface area contributed by atoms with E-state index in [1.165, 1.54) is 0 Å². The topological polar surface area (TPSA) is 50.8 Å². The van der Waals surface area contributed by atoms with Gasteiger partial charge in [-0.3, -0.25) is 0 Å². The number of carbonyl (C=O) groups is 1. The molecule has 0 spiro atoms. The van der Waals surface area contributed by atoms with Crippen LogP contribution in [-0.4, -0.2) is 31.2 Å². The van der Waals surface area contributed by atoms with Crippen LogP contribution in [0, 0.1) is 0 Å². The predicted molar refractivity (Wildman–Crippen MR) is 94.1 cm³/mol. The summed E-state index contributed by atoms with van der Waals surface area (Å²) in [6.07, 6.45) is 0. The highest BCUT2D eigenvalue weighted by Gasteiger charge is 2.19. The van der Waals surface area contributed by atoms with Crippen molar-refractivity contribution in [2.75, 3.05) is 25.6 Å². The van der Waals surface area contributed by atoms with Gasteiger partial charge in [0, 0.05) is 23.8 Å². The van der Waals surface area contributed by atoms with Crippen LogP contribution in [0.1, 0.15) is 18.5 Å². The minimum atomic E-state index is -0.200. The summed E-state index contributed by atoms with van der Waals surface area (Å²) in [4.78, 5) is 14.1. The maximum absolute atomic E-state index is 12.5. The lowest BCUT2D eigenvalue weighted by molar-refractivity contribution is 0.171. The molecule has 5 nitrogen and oxygen atoms in total. The third-order valence-corrected chi connectivity index (χ3v) is 4.30. The molecule has 24 heavy (non-hydrogen) atoms. The van der Waals surface area contributed by atoms with Gasteiger partial charge in [-0.2, -0.15) is 0 Å². The molecule has 1 aliphatic heterocycles. The van der Waals surface area contributed by atoms with E-state index < -0.39 is 0 Å². The zero-order valence-corrected chi connectivity index (χ0v) is 14.3. The van der Waals surface area contributed by atoms with Gasteiger partial charge in [0.25, 0.3) is 0 Å². The van der Waals surface area contributed by atoms with E-state index in [2.05, 4.69) is 5.32 Å².